The highest BCUT2D eigenvalue weighted by atomic mass is 19.1. The van der Waals surface area contributed by atoms with Gasteiger partial charge in [-0.1, -0.05) is 0 Å². The maximum Gasteiger partial charge on any atom is 0.274 e. The molecule has 92 valence electrons. The minimum atomic E-state index is -0.571. The molecule has 1 atom stereocenters. The number of piperazine rings is 1. The van der Waals surface area contributed by atoms with Crippen molar-refractivity contribution >= 4 is 11.4 Å². The summed E-state index contributed by atoms with van der Waals surface area (Å²) in [5.74, 6) is -0.569. The van der Waals surface area contributed by atoms with Crippen molar-refractivity contribution in [2.24, 2.45) is 0 Å². The molecular formula is C11H14FN3O2. The van der Waals surface area contributed by atoms with Crippen molar-refractivity contribution < 1.29 is 9.31 Å². The van der Waals surface area contributed by atoms with Gasteiger partial charge in [-0.2, -0.15) is 0 Å². The van der Waals surface area contributed by atoms with Gasteiger partial charge in [-0.05, 0) is 13.0 Å². The first-order chi connectivity index (χ1) is 8.06. The third-order valence-electron chi connectivity index (χ3n) is 2.81. The van der Waals surface area contributed by atoms with E-state index in [9.17, 15) is 14.5 Å². The average Bonchev–Trinajstić information content (AvgIpc) is 2.28. The summed E-state index contributed by atoms with van der Waals surface area (Å²) in [6.07, 6.45) is 0. The van der Waals surface area contributed by atoms with Gasteiger partial charge in [0.05, 0.1) is 11.0 Å². The van der Waals surface area contributed by atoms with Crippen LogP contribution in [-0.2, 0) is 0 Å². The summed E-state index contributed by atoms with van der Waals surface area (Å²) in [6, 6.07) is 3.99. The average molecular weight is 239 g/mol. The third-order valence-corrected chi connectivity index (χ3v) is 2.81. The van der Waals surface area contributed by atoms with Gasteiger partial charge in [0.25, 0.3) is 5.69 Å². The Kier molecular flexibility index (Phi) is 3.23. The first-order valence-corrected chi connectivity index (χ1v) is 5.49. The maximum absolute atomic E-state index is 13.3. The minimum Gasteiger partial charge on any atom is -0.368 e. The molecule has 17 heavy (non-hydrogen) atoms. The number of nitro groups is 1. The summed E-state index contributed by atoms with van der Waals surface area (Å²) >= 11 is 0. The molecule has 0 aliphatic carbocycles. The second kappa shape index (κ2) is 4.67. The Morgan fingerprint density at radius 3 is 2.94 bits per heavy atom. The number of non-ortho nitro benzene ring substituents is 1. The van der Waals surface area contributed by atoms with E-state index in [0.717, 1.165) is 25.7 Å². The highest BCUT2D eigenvalue weighted by molar-refractivity contribution is 5.54. The zero-order chi connectivity index (χ0) is 12.4. The van der Waals surface area contributed by atoms with Crippen molar-refractivity contribution in [2.75, 3.05) is 24.5 Å². The third kappa shape index (κ3) is 2.71. The normalized spacial score (nSPS) is 20.4. The van der Waals surface area contributed by atoms with Crippen LogP contribution in [0.3, 0.4) is 0 Å². The second-order valence-electron chi connectivity index (χ2n) is 4.23. The van der Waals surface area contributed by atoms with Crippen molar-refractivity contribution in [3.8, 4) is 0 Å². The van der Waals surface area contributed by atoms with Gasteiger partial charge in [-0.25, -0.2) is 4.39 Å². The molecule has 2 rings (SSSR count). The fourth-order valence-electron chi connectivity index (χ4n) is 2.01. The Hall–Kier alpha value is -1.69. The fourth-order valence-corrected chi connectivity index (χ4v) is 2.01. The molecule has 5 nitrogen and oxygen atoms in total. The monoisotopic (exact) mass is 239 g/mol. The van der Waals surface area contributed by atoms with Gasteiger partial charge in [-0.15, -0.1) is 0 Å². The maximum atomic E-state index is 13.3. The predicted molar refractivity (Wildman–Crippen MR) is 62.7 cm³/mol. The zero-order valence-corrected chi connectivity index (χ0v) is 9.52. The highest BCUT2D eigenvalue weighted by Crippen LogP contribution is 2.24. The molecule has 0 aromatic heterocycles. The first kappa shape index (κ1) is 11.8. The quantitative estimate of drug-likeness (QED) is 0.628. The highest BCUT2D eigenvalue weighted by Gasteiger charge is 2.19. The lowest BCUT2D eigenvalue weighted by Gasteiger charge is -2.33. The topological polar surface area (TPSA) is 58.4 Å². The Balaban J connectivity index is 2.28. The lowest BCUT2D eigenvalue weighted by molar-refractivity contribution is -0.385. The van der Waals surface area contributed by atoms with Crippen LogP contribution in [0.25, 0.3) is 0 Å². The molecule has 0 spiro atoms. The fraction of sp³-hybridized carbons (Fsp3) is 0.455. The Morgan fingerprint density at radius 2 is 2.29 bits per heavy atom. The summed E-state index contributed by atoms with van der Waals surface area (Å²) in [5, 5.41) is 13.9. The van der Waals surface area contributed by atoms with Crippen LogP contribution in [0, 0.1) is 15.9 Å². The van der Waals surface area contributed by atoms with E-state index in [0.29, 0.717) is 11.7 Å². The molecule has 0 unspecified atom stereocenters. The smallest absolute Gasteiger partial charge is 0.274 e. The van der Waals surface area contributed by atoms with Crippen LogP contribution in [0.1, 0.15) is 6.92 Å². The summed E-state index contributed by atoms with van der Waals surface area (Å²) in [7, 11) is 0. The van der Waals surface area contributed by atoms with Crippen molar-refractivity contribution in [2.45, 2.75) is 13.0 Å². The number of hydrogen-bond acceptors (Lipinski definition) is 4. The Labute approximate surface area is 98.4 Å². The molecule has 0 saturated carbocycles. The van der Waals surface area contributed by atoms with E-state index in [-0.39, 0.29) is 5.69 Å². The number of benzene rings is 1. The number of rotatable bonds is 2. The van der Waals surface area contributed by atoms with E-state index in [1.165, 1.54) is 12.1 Å². The van der Waals surface area contributed by atoms with E-state index in [4.69, 9.17) is 0 Å². The summed E-state index contributed by atoms with van der Waals surface area (Å²) < 4.78 is 13.3. The zero-order valence-electron chi connectivity index (χ0n) is 9.52. The molecule has 1 heterocycles. The van der Waals surface area contributed by atoms with E-state index in [1.54, 1.807) is 0 Å². The lowest BCUT2D eigenvalue weighted by Crippen LogP contribution is -2.49. The van der Waals surface area contributed by atoms with E-state index in [1.807, 2.05) is 11.8 Å². The van der Waals surface area contributed by atoms with E-state index < -0.39 is 10.7 Å². The molecular weight excluding hydrogens is 225 g/mol. The van der Waals surface area contributed by atoms with Crippen molar-refractivity contribution in [1.82, 2.24) is 5.32 Å². The van der Waals surface area contributed by atoms with E-state index in [2.05, 4.69) is 5.32 Å². The molecule has 1 aromatic carbocycles. The number of halogens is 1. The number of nitrogens with one attached hydrogen (secondary N) is 1. The van der Waals surface area contributed by atoms with Gasteiger partial charge >= 0.3 is 0 Å². The molecule has 0 bridgehead atoms. The predicted octanol–water partition coefficient (Wildman–Crippen LogP) is 1.53. The van der Waals surface area contributed by atoms with E-state index >= 15 is 0 Å². The van der Waals surface area contributed by atoms with Crippen molar-refractivity contribution in [3.05, 3.63) is 34.1 Å². The van der Waals surface area contributed by atoms with Crippen LogP contribution in [0.4, 0.5) is 15.8 Å². The van der Waals surface area contributed by atoms with Gasteiger partial charge in [0.1, 0.15) is 5.82 Å². The summed E-state index contributed by atoms with van der Waals surface area (Å²) in [4.78, 5) is 12.0. The first-order valence-electron chi connectivity index (χ1n) is 5.49. The second-order valence-corrected chi connectivity index (χ2v) is 4.23. The van der Waals surface area contributed by atoms with Gasteiger partial charge < -0.3 is 10.2 Å². The van der Waals surface area contributed by atoms with Crippen LogP contribution in [0.5, 0.6) is 0 Å². The molecule has 1 N–H and O–H groups in total. The number of anilines is 1. The Bertz CT molecular complexity index is 439. The van der Waals surface area contributed by atoms with Crippen LogP contribution >= 0.6 is 0 Å². The molecule has 6 heteroatoms. The van der Waals surface area contributed by atoms with Crippen LogP contribution in [-0.4, -0.2) is 30.6 Å². The summed E-state index contributed by atoms with van der Waals surface area (Å²) in [6.45, 7) is 4.27. The van der Waals surface area contributed by atoms with Crippen LogP contribution in [0.2, 0.25) is 0 Å². The summed E-state index contributed by atoms with van der Waals surface area (Å²) in [5.41, 5.74) is 0.372. The number of nitro benzene ring substituents is 1. The molecule has 1 saturated heterocycles. The van der Waals surface area contributed by atoms with Gasteiger partial charge in [0.2, 0.25) is 0 Å². The number of nitrogens with zero attached hydrogens (tertiary/aromatic N) is 2. The van der Waals surface area contributed by atoms with Gasteiger partial charge in [0.15, 0.2) is 0 Å². The molecule has 0 radical (unpaired) electrons. The van der Waals surface area contributed by atoms with Crippen molar-refractivity contribution in [3.63, 3.8) is 0 Å². The van der Waals surface area contributed by atoms with Crippen molar-refractivity contribution in [1.29, 1.82) is 0 Å². The standard InChI is InChI=1S/C11H14FN3O2/c1-8-7-14(3-2-13-8)10-4-9(12)5-11(6-10)15(16)17/h4-6,8,13H,2-3,7H2,1H3/t8-/m0/s1. The molecule has 1 aliphatic heterocycles. The van der Waals surface area contributed by atoms with Gasteiger partial charge in [0, 0.05) is 37.4 Å². The largest absolute Gasteiger partial charge is 0.368 e. The van der Waals surface area contributed by atoms with Gasteiger partial charge in [-0.3, -0.25) is 10.1 Å². The minimum absolute atomic E-state index is 0.203. The molecule has 1 aromatic rings. The molecule has 0 amide bonds. The number of hydrogen-bond donors (Lipinski definition) is 1. The molecule has 1 fully saturated rings. The SMILES string of the molecule is C[C@H]1CN(c2cc(F)cc([N+](=O)[O-])c2)CCN1. The molecule has 1 aliphatic rings. The van der Waals surface area contributed by atoms with Crippen LogP contribution in [0.15, 0.2) is 18.2 Å². The lowest BCUT2D eigenvalue weighted by atomic mass is 10.2. The Morgan fingerprint density at radius 1 is 1.53 bits per heavy atom. The van der Waals surface area contributed by atoms with Crippen LogP contribution < -0.4 is 10.2 Å².